The summed E-state index contributed by atoms with van der Waals surface area (Å²) in [6, 6.07) is 0. The highest BCUT2D eigenvalue weighted by atomic mass is 32.1. The summed E-state index contributed by atoms with van der Waals surface area (Å²) in [4.78, 5) is 4.92. The van der Waals surface area contributed by atoms with Gasteiger partial charge in [0, 0.05) is 31.4 Å². The molecule has 0 saturated carbocycles. The smallest absolute Gasteiger partial charge is 0.0110 e. The summed E-state index contributed by atoms with van der Waals surface area (Å²) in [6.07, 6.45) is 1.22. The predicted molar refractivity (Wildman–Crippen MR) is 57.0 cm³/mol. The quantitative estimate of drug-likeness (QED) is 0.659. The van der Waals surface area contributed by atoms with Crippen molar-refractivity contribution in [2.24, 2.45) is 0 Å². The van der Waals surface area contributed by atoms with Crippen LogP contribution >= 0.6 is 12.6 Å². The van der Waals surface area contributed by atoms with E-state index in [0.717, 1.165) is 0 Å². The van der Waals surface area contributed by atoms with E-state index in [1.54, 1.807) is 0 Å². The number of likely N-dealkylation sites (N-methyl/N-ethyl adjacent to an activating group) is 1. The van der Waals surface area contributed by atoms with E-state index in [0.29, 0.717) is 5.25 Å². The third kappa shape index (κ3) is 3.78. The first kappa shape index (κ1) is 10.4. The Morgan fingerprint density at radius 3 is 2.33 bits per heavy atom. The van der Waals surface area contributed by atoms with Crippen LogP contribution in [0.2, 0.25) is 0 Å². The van der Waals surface area contributed by atoms with Gasteiger partial charge >= 0.3 is 0 Å². The zero-order valence-corrected chi connectivity index (χ0v) is 9.06. The standard InChI is InChI=1S/C9H20N2S/c1-9(12)3-4-11-7-5-10(2)6-8-11/h9,12H,3-8H2,1-2H3. The zero-order chi connectivity index (χ0) is 8.97. The predicted octanol–water partition coefficient (Wildman–Crippen LogP) is 0.942. The summed E-state index contributed by atoms with van der Waals surface area (Å²) in [5, 5.41) is 0.546. The van der Waals surface area contributed by atoms with E-state index in [1.165, 1.54) is 39.1 Å². The van der Waals surface area contributed by atoms with Crippen LogP contribution in [0.25, 0.3) is 0 Å². The molecular weight excluding hydrogens is 168 g/mol. The Morgan fingerprint density at radius 1 is 1.25 bits per heavy atom. The molecule has 0 bridgehead atoms. The second-order valence-corrected chi connectivity index (χ2v) is 4.66. The van der Waals surface area contributed by atoms with Crippen LogP contribution in [0, 0.1) is 0 Å². The maximum atomic E-state index is 4.38. The fraction of sp³-hybridized carbons (Fsp3) is 1.00. The van der Waals surface area contributed by atoms with Crippen LogP contribution in [0.3, 0.4) is 0 Å². The molecule has 1 fully saturated rings. The van der Waals surface area contributed by atoms with Gasteiger partial charge in [-0.1, -0.05) is 6.92 Å². The molecule has 0 aliphatic carbocycles. The van der Waals surface area contributed by atoms with E-state index in [4.69, 9.17) is 0 Å². The number of piperazine rings is 1. The van der Waals surface area contributed by atoms with E-state index < -0.39 is 0 Å². The maximum absolute atomic E-state index is 4.38. The lowest BCUT2D eigenvalue weighted by atomic mass is 10.2. The fourth-order valence-corrected chi connectivity index (χ4v) is 1.56. The highest BCUT2D eigenvalue weighted by Gasteiger charge is 2.13. The molecule has 0 N–H and O–H groups in total. The monoisotopic (exact) mass is 188 g/mol. The van der Waals surface area contributed by atoms with Crippen LogP contribution < -0.4 is 0 Å². The molecule has 1 unspecified atom stereocenters. The third-order valence-corrected chi connectivity index (χ3v) is 2.72. The van der Waals surface area contributed by atoms with Crippen molar-refractivity contribution in [2.75, 3.05) is 39.8 Å². The molecular formula is C9H20N2S. The molecule has 1 aliphatic heterocycles. The van der Waals surface area contributed by atoms with Gasteiger partial charge in [0.2, 0.25) is 0 Å². The number of thiol groups is 1. The van der Waals surface area contributed by atoms with Crippen molar-refractivity contribution in [3.63, 3.8) is 0 Å². The van der Waals surface area contributed by atoms with Crippen molar-refractivity contribution in [1.82, 2.24) is 9.80 Å². The Hall–Kier alpha value is 0.270. The molecule has 2 nitrogen and oxygen atoms in total. The van der Waals surface area contributed by atoms with Crippen LogP contribution in [0.15, 0.2) is 0 Å². The molecule has 0 spiro atoms. The fourth-order valence-electron chi connectivity index (χ4n) is 1.44. The van der Waals surface area contributed by atoms with E-state index in [-0.39, 0.29) is 0 Å². The van der Waals surface area contributed by atoms with E-state index in [1.807, 2.05) is 0 Å². The Balaban J connectivity index is 2.09. The third-order valence-electron chi connectivity index (χ3n) is 2.46. The molecule has 1 saturated heterocycles. The first-order valence-corrected chi connectivity index (χ1v) is 5.29. The van der Waals surface area contributed by atoms with Gasteiger partial charge in [-0.25, -0.2) is 0 Å². The van der Waals surface area contributed by atoms with Crippen molar-refractivity contribution in [3.05, 3.63) is 0 Å². The molecule has 1 atom stereocenters. The number of hydrogen-bond donors (Lipinski definition) is 1. The SMILES string of the molecule is CC(S)CCN1CCN(C)CC1. The van der Waals surface area contributed by atoms with Gasteiger partial charge in [-0.05, 0) is 20.0 Å². The highest BCUT2D eigenvalue weighted by Crippen LogP contribution is 2.04. The van der Waals surface area contributed by atoms with Gasteiger partial charge in [0.25, 0.3) is 0 Å². The molecule has 1 aliphatic rings. The van der Waals surface area contributed by atoms with Crippen molar-refractivity contribution in [3.8, 4) is 0 Å². The maximum Gasteiger partial charge on any atom is 0.0110 e. The van der Waals surface area contributed by atoms with Crippen LogP contribution in [0.4, 0.5) is 0 Å². The lowest BCUT2D eigenvalue weighted by Crippen LogP contribution is -2.44. The minimum atomic E-state index is 0.546. The Morgan fingerprint density at radius 2 is 1.83 bits per heavy atom. The zero-order valence-electron chi connectivity index (χ0n) is 8.16. The van der Waals surface area contributed by atoms with Gasteiger partial charge in [-0.2, -0.15) is 12.6 Å². The molecule has 0 radical (unpaired) electrons. The molecule has 1 heterocycles. The summed E-state index contributed by atoms with van der Waals surface area (Å²) < 4.78 is 0. The molecule has 1 rings (SSSR count). The van der Waals surface area contributed by atoms with Gasteiger partial charge in [0.15, 0.2) is 0 Å². The molecule has 0 aromatic heterocycles. The van der Waals surface area contributed by atoms with Crippen LogP contribution in [-0.4, -0.2) is 54.8 Å². The molecule has 3 heteroatoms. The normalized spacial score (nSPS) is 24.2. The highest BCUT2D eigenvalue weighted by molar-refractivity contribution is 7.80. The topological polar surface area (TPSA) is 6.48 Å². The summed E-state index contributed by atoms with van der Waals surface area (Å²) >= 11 is 4.38. The van der Waals surface area contributed by atoms with E-state index >= 15 is 0 Å². The van der Waals surface area contributed by atoms with Crippen LogP contribution in [-0.2, 0) is 0 Å². The van der Waals surface area contributed by atoms with Crippen molar-refractivity contribution in [2.45, 2.75) is 18.6 Å². The largest absolute Gasteiger partial charge is 0.304 e. The van der Waals surface area contributed by atoms with Crippen LogP contribution in [0.1, 0.15) is 13.3 Å². The Kier molecular flexibility index (Phi) is 4.40. The van der Waals surface area contributed by atoms with Gasteiger partial charge in [0.1, 0.15) is 0 Å². The average molecular weight is 188 g/mol. The Bertz CT molecular complexity index is 120. The number of rotatable bonds is 3. The molecule has 0 aromatic carbocycles. The molecule has 72 valence electrons. The minimum Gasteiger partial charge on any atom is -0.304 e. The second kappa shape index (κ2) is 5.10. The number of hydrogen-bond acceptors (Lipinski definition) is 3. The summed E-state index contributed by atoms with van der Waals surface area (Å²) in [5.74, 6) is 0. The lowest BCUT2D eigenvalue weighted by molar-refractivity contribution is 0.153. The summed E-state index contributed by atoms with van der Waals surface area (Å²) in [5.41, 5.74) is 0. The van der Waals surface area contributed by atoms with Crippen molar-refractivity contribution >= 4 is 12.6 Å². The summed E-state index contributed by atoms with van der Waals surface area (Å²) in [7, 11) is 2.19. The van der Waals surface area contributed by atoms with Gasteiger partial charge < -0.3 is 9.80 Å². The second-order valence-electron chi connectivity index (χ2n) is 3.78. The number of nitrogens with zero attached hydrogens (tertiary/aromatic N) is 2. The molecule has 0 aromatic rings. The van der Waals surface area contributed by atoms with Gasteiger partial charge in [0.05, 0.1) is 0 Å². The van der Waals surface area contributed by atoms with E-state index in [9.17, 15) is 0 Å². The summed E-state index contributed by atoms with van der Waals surface area (Å²) in [6.45, 7) is 8.30. The van der Waals surface area contributed by atoms with Crippen LogP contribution in [0.5, 0.6) is 0 Å². The van der Waals surface area contributed by atoms with Gasteiger partial charge in [-0.15, -0.1) is 0 Å². The van der Waals surface area contributed by atoms with E-state index in [2.05, 4.69) is 36.4 Å². The van der Waals surface area contributed by atoms with Crippen molar-refractivity contribution < 1.29 is 0 Å². The first-order valence-electron chi connectivity index (χ1n) is 4.77. The molecule has 0 amide bonds. The van der Waals surface area contributed by atoms with Gasteiger partial charge in [-0.3, -0.25) is 0 Å². The first-order chi connectivity index (χ1) is 5.68. The average Bonchev–Trinajstić information content (AvgIpc) is 2.03. The molecule has 12 heavy (non-hydrogen) atoms. The Labute approximate surface area is 81.3 Å². The minimum absolute atomic E-state index is 0.546. The lowest BCUT2D eigenvalue weighted by Gasteiger charge is -2.32. The van der Waals surface area contributed by atoms with Crippen molar-refractivity contribution in [1.29, 1.82) is 0 Å².